The van der Waals surface area contributed by atoms with Crippen LogP contribution in [-0.2, 0) is 11.2 Å². The van der Waals surface area contributed by atoms with Gasteiger partial charge in [0, 0.05) is 27.2 Å². The van der Waals surface area contributed by atoms with Gasteiger partial charge in [0.2, 0.25) is 5.91 Å². The van der Waals surface area contributed by atoms with Crippen molar-refractivity contribution in [3.8, 4) is 5.75 Å². The van der Waals surface area contributed by atoms with Crippen LogP contribution in [0, 0.1) is 6.92 Å². The first-order chi connectivity index (χ1) is 11.1. The molecule has 0 aliphatic rings. The molecule has 1 N–H and O–H groups in total. The number of halogens is 1. The predicted molar refractivity (Wildman–Crippen MR) is 94.0 cm³/mol. The Balaban J connectivity index is 1.77. The monoisotopic (exact) mass is 373 g/mol. The first-order valence-corrected chi connectivity index (χ1v) is 7.96. The minimum atomic E-state index is -0.0751. The number of ether oxygens (including phenoxy) is 1. The highest BCUT2D eigenvalue weighted by Crippen LogP contribution is 2.26. The van der Waals surface area contributed by atoms with Crippen molar-refractivity contribution in [2.24, 2.45) is 0 Å². The normalized spacial score (nSPS) is 10.7. The van der Waals surface area contributed by atoms with Crippen LogP contribution in [-0.4, -0.2) is 13.0 Å². The van der Waals surface area contributed by atoms with Gasteiger partial charge in [-0.2, -0.15) is 0 Å². The number of amides is 1. The molecule has 0 spiro atoms. The van der Waals surface area contributed by atoms with Gasteiger partial charge in [-0.05, 0) is 42.8 Å². The maximum Gasteiger partial charge on any atom is 0.228 e. The summed E-state index contributed by atoms with van der Waals surface area (Å²) in [6.07, 6.45) is 1.88. The van der Waals surface area contributed by atoms with Gasteiger partial charge in [-0.1, -0.05) is 15.9 Å². The van der Waals surface area contributed by atoms with E-state index in [2.05, 4.69) is 21.2 Å². The molecule has 0 bridgehead atoms. The number of carbonyl (C=O) groups is 1. The van der Waals surface area contributed by atoms with Crippen LogP contribution in [0.25, 0.3) is 11.0 Å². The van der Waals surface area contributed by atoms with E-state index < -0.39 is 0 Å². The zero-order valence-electron chi connectivity index (χ0n) is 12.9. The van der Waals surface area contributed by atoms with E-state index in [1.165, 1.54) is 0 Å². The number of carbonyl (C=O) groups excluding carboxylic acids is 1. The highest BCUT2D eigenvalue weighted by atomic mass is 79.9. The van der Waals surface area contributed by atoms with Crippen LogP contribution in [0.15, 0.2) is 51.6 Å². The fourth-order valence-electron chi connectivity index (χ4n) is 2.46. The molecule has 4 nitrogen and oxygen atoms in total. The van der Waals surface area contributed by atoms with Crippen LogP contribution < -0.4 is 10.1 Å². The van der Waals surface area contributed by atoms with Crippen molar-refractivity contribution in [2.45, 2.75) is 13.3 Å². The van der Waals surface area contributed by atoms with Crippen LogP contribution >= 0.6 is 15.9 Å². The highest BCUT2D eigenvalue weighted by Gasteiger charge is 2.12. The molecule has 3 aromatic rings. The Labute approximate surface area is 142 Å². The summed E-state index contributed by atoms with van der Waals surface area (Å²) in [5.41, 5.74) is 3.39. The summed E-state index contributed by atoms with van der Waals surface area (Å²) in [6.45, 7) is 1.96. The van der Waals surface area contributed by atoms with Crippen molar-refractivity contribution in [2.75, 3.05) is 12.4 Å². The van der Waals surface area contributed by atoms with Crippen molar-refractivity contribution in [3.05, 3.63) is 58.3 Å². The summed E-state index contributed by atoms with van der Waals surface area (Å²) in [5.74, 6) is 0.655. The van der Waals surface area contributed by atoms with Gasteiger partial charge in [-0.25, -0.2) is 0 Å². The Morgan fingerprint density at radius 3 is 2.83 bits per heavy atom. The molecule has 0 unspecified atom stereocenters. The lowest BCUT2D eigenvalue weighted by Gasteiger charge is -2.08. The number of nitrogens with one attached hydrogen (secondary N) is 1. The Morgan fingerprint density at radius 2 is 2.09 bits per heavy atom. The number of anilines is 1. The number of aryl methyl sites for hydroxylation is 1. The van der Waals surface area contributed by atoms with E-state index >= 15 is 0 Å². The van der Waals surface area contributed by atoms with Gasteiger partial charge in [0.1, 0.15) is 11.3 Å². The van der Waals surface area contributed by atoms with Gasteiger partial charge in [0.15, 0.2) is 0 Å². The van der Waals surface area contributed by atoms with Crippen LogP contribution in [0.4, 0.5) is 5.69 Å². The molecule has 0 atom stereocenters. The number of methoxy groups -OCH3 is 1. The average molecular weight is 374 g/mol. The molecule has 0 aliphatic carbocycles. The Bertz CT molecular complexity index is 870. The van der Waals surface area contributed by atoms with Gasteiger partial charge in [-0.3, -0.25) is 4.79 Å². The summed E-state index contributed by atoms with van der Waals surface area (Å²) < 4.78 is 11.7. The molecule has 1 amide bonds. The van der Waals surface area contributed by atoms with Crippen LogP contribution in [0.5, 0.6) is 5.75 Å². The lowest BCUT2D eigenvalue weighted by atomic mass is 10.1. The van der Waals surface area contributed by atoms with Crippen molar-refractivity contribution in [1.82, 2.24) is 0 Å². The highest BCUT2D eigenvalue weighted by molar-refractivity contribution is 9.10. The lowest BCUT2D eigenvalue weighted by molar-refractivity contribution is -0.115. The second-order valence-corrected chi connectivity index (χ2v) is 6.22. The molecule has 1 aromatic heterocycles. The van der Waals surface area contributed by atoms with Crippen LogP contribution in [0.1, 0.15) is 11.1 Å². The third-order valence-electron chi connectivity index (χ3n) is 3.68. The van der Waals surface area contributed by atoms with Crippen molar-refractivity contribution < 1.29 is 13.9 Å². The van der Waals surface area contributed by atoms with E-state index in [0.29, 0.717) is 5.58 Å². The molecule has 23 heavy (non-hydrogen) atoms. The molecule has 0 saturated heterocycles. The zero-order chi connectivity index (χ0) is 16.4. The van der Waals surface area contributed by atoms with E-state index in [1.807, 2.05) is 43.3 Å². The Hall–Kier alpha value is -2.27. The van der Waals surface area contributed by atoms with Crippen molar-refractivity contribution >= 4 is 38.5 Å². The van der Waals surface area contributed by atoms with Crippen molar-refractivity contribution in [1.29, 1.82) is 0 Å². The van der Waals surface area contributed by atoms with E-state index in [1.54, 1.807) is 13.4 Å². The van der Waals surface area contributed by atoms with Crippen molar-refractivity contribution in [3.63, 3.8) is 0 Å². The molecule has 3 rings (SSSR count). The summed E-state index contributed by atoms with van der Waals surface area (Å²) in [6, 6.07) is 11.3. The van der Waals surface area contributed by atoms with E-state index in [9.17, 15) is 4.79 Å². The molecule has 0 fully saturated rings. The minimum Gasteiger partial charge on any atom is -0.497 e. The first kappa shape index (κ1) is 15.6. The largest absolute Gasteiger partial charge is 0.497 e. The van der Waals surface area contributed by atoms with E-state index in [-0.39, 0.29) is 12.3 Å². The fraction of sp³-hybridized carbons (Fsp3) is 0.167. The van der Waals surface area contributed by atoms with Crippen LogP contribution in [0.3, 0.4) is 0 Å². The van der Waals surface area contributed by atoms with Gasteiger partial charge in [-0.15, -0.1) is 0 Å². The number of rotatable bonds is 4. The third kappa shape index (κ3) is 3.40. The van der Waals surface area contributed by atoms with Gasteiger partial charge in [0.05, 0.1) is 19.8 Å². The second kappa shape index (κ2) is 6.46. The average Bonchev–Trinajstić information content (AvgIpc) is 2.92. The second-order valence-electron chi connectivity index (χ2n) is 5.31. The van der Waals surface area contributed by atoms with Gasteiger partial charge >= 0.3 is 0 Å². The van der Waals surface area contributed by atoms with E-state index in [4.69, 9.17) is 9.15 Å². The SMILES string of the molecule is COc1ccc2c(CC(=O)Nc3ccc(Br)cc3C)coc2c1. The number of hydrogen-bond donors (Lipinski definition) is 1. The number of benzene rings is 2. The number of hydrogen-bond acceptors (Lipinski definition) is 3. The summed E-state index contributed by atoms with van der Waals surface area (Å²) in [4.78, 5) is 12.3. The van der Waals surface area contributed by atoms with E-state index in [0.717, 1.165) is 32.4 Å². The Morgan fingerprint density at radius 1 is 1.26 bits per heavy atom. The topological polar surface area (TPSA) is 51.5 Å². The molecule has 0 aliphatic heterocycles. The number of fused-ring (bicyclic) bond motifs is 1. The van der Waals surface area contributed by atoms with Gasteiger partial charge < -0.3 is 14.5 Å². The standard InChI is InChI=1S/C18H16BrNO3/c1-11-7-13(19)3-6-16(11)20-18(21)8-12-10-23-17-9-14(22-2)4-5-15(12)17/h3-7,9-10H,8H2,1-2H3,(H,20,21). The predicted octanol–water partition coefficient (Wildman–Crippen LogP) is 4.69. The molecular weight excluding hydrogens is 358 g/mol. The fourth-order valence-corrected chi connectivity index (χ4v) is 2.94. The lowest BCUT2D eigenvalue weighted by Crippen LogP contribution is -2.14. The quantitative estimate of drug-likeness (QED) is 0.721. The van der Waals surface area contributed by atoms with Gasteiger partial charge in [0.25, 0.3) is 0 Å². The summed E-state index contributed by atoms with van der Waals surface area (Å²) in [7, 11) is 1.61. The molecule has 1 heterocycles. The molecular formula is C18H16BrNO3. The molecule has 5 heteroatoms. The van der Waals surface area contributed by atoms with Crippen LogP contribution in [0.2, 0.25) is 0 Å². The molecule has 118 valence electrons. The maximum atomic E-state index is 12.3. The molecule has 0 radical (unpaired) electrons. The third-order valence-corrected chi connectivity index (χ3v) is 4.17. The smallest absolute Gasteiger partial charge is 0.228 e. The molecule has 2 aromatic carbocycles. The summed E-state index contributed by atoms with van der Waals surface area (Å²) >= 11 is 3.41. The molecule has 0 saturated carbocycles. The Kier molecular flexibility index (Phi) is 4.39. The zero-order valence-corrected chi connectivity index (χ0v) is 14.4. The maximum absolute atomic E-state index is 12.3. The first-order valence-electron chi connectivity index (χ1n) is 7.17. The summed E-state index contributed by atoms with van der Waals surface area (Å²) in [5, 5.41) is 3.86. The number of furan rings is 1. The minimum absolute atomic E-state index is 0.0751.